The summed E-state index contributed by atoms with van der Waals surface area (Å²) in [7, 11) is 0. The highest BCUT2D eigenvalue weighted by molar-refractivity contribution is 7.80. The van der Waals surface area contributed by atoms with Crippen molar-refractivity contribution in [3.05, 3.63) is 30.1 Å². The lowest BCUT2D eigenvalue weighted by Crippen LogP contribution is -2.51. The molecule has 1 aromatic carbocycles. The molecule has 5 nitrogen and oxygen atoms in total. The second kappa shape index (κ2) is 8.53. The number of hydrazine groups is 1. The number of thiocarbonyl (C=S) groups is 1. The summed E-state index contributed by atoms with van der Waals surface area (Å²) in [6.45, 7) is -0.176. The molecule has 0 radical (unpaired) electrons. The zero-order chi connectivity index (χ0) is 15.8. The minimum absolute atomic E-state index is 0.176. The Hall–Kier alpha value is -1.89. The molecule has 1 amide bonds. The maximum atomic E-state index is 12.7. The number of ether oxygens (including phenoxy) is 1. The van der Waals surface area contributed by atoms with Crippen molar-refractivity contribution in [2.75, 3.05) is 6.61 Å². The number of hydrogen-bond acceptors (Lipinski definition) is 3. The molecule has 0 unspecified atom stereocenters. The summed E-state index contributed by atoms with van der Waals surface area (Å²) in [5.74, 6) is -0.283. The summed E-state index contributed by atoms with van der Waals surface area (Å²) in [5, 5.41) is 3.58. The van der Waals surface area contributed by atoms with Crippen LogP contribution in [-0.2, 0) is 4.79 Å². The normalized spacial score (nSPS) is 15.0. The van der Waals surface area contributed by atoms with Crippen LogP contribution >= 0.6 is 12.2 Å². The zero-order valence-electron chi connectivity index (χ0n) is 12.2. The molecule has 120 valence electrons. The van der Waals surface area contributed by atoms with E-state index in [9.17, 15) is 9.18 Å². The molecule has 0 atom stereocenters. The first-order valence-corrected chi connectivity index (χ1v) is 7.78. The zero-order valence-corrected chi connectivity index (χ0v) is 13.0. The highest BCUT2D eigenvalue weighted by Gasteiger charge is 2.14. The van der Waals surface area contributed by atoms with Gasteiger partial charge in [-0.15, -0.1) is 0 Å². The SMILES string of the molecule is O=C(COc1ccc(F)cc1)NNC(=S)NC1CCCCC1. The minimum atomic E-state index is -0.364. The van der Waals surface area contributed by atoms with Gasteiger partial charge in [-0.3, -0.25) is 15.6 Å². The van der Waals surface area contributed by atoms with Gasteiger partial charge in [-0.25, -0.2) is 4.39 Å². The molecule has 0 spiro atoms. The molecule has 1 fully saturated rings. The Morgan fingerprint density at radius 1 is 1.18 bits per heavy atom. The van der Waals surface area contributed by atoms with Crippen molar-refractivity contribution < 1.29 is 13.9 Å². The molecule has 0 heterocycles. The molecule has 2 rings (SSSR count). The molecule has 1 aliphatic carbocycles. The number of halogens is 1. The fourth-order valence-corrected chi connectivity index (χ4v) is 2.53. The first-order valence-electron chi connectivity index (χ1n) is 7.37. The second-order valence-electron chi connectivity index (χ2n) is 5.22. The third-order valence-corrected chi connectivity index (χ3v) is 3.66. The third kappa shape index (κ3) is 5.85. The molecule has 7 heteroatoms. The first-order chi connectivity index (χ1) is 10.6. The van der Waals surface area contributed by atoms with Crippen molar-refractivity contribution in [2.45, 2.75) is 38.1 Å². The van der Waals surface area contributed by atoms with E-state index in [2.05, 4.69) is 16.2 Å². The van der Waals surface area contributed by atoms with E-state index in [-0.39, 0.29) is 18.3 Å². The van der Waals surface area contributed by atoms with Gasteiger partial charge in [0.25, 0.3) is 5.91 Å². The average Bonchev–Trinajstić information content (AvgIpc) is 2.53. The molecule has 1 aliphatic rings. The number of rotatable bonds is 4. The van der Waals surface area contributed by atoms with Gasteiger partial charge in [-0.05, 0) is 49.3 Å². The van der Waals surface area contributed by atoms with E-state index in [1.54, 1.807) is 0 Å². The highest BCUT2D eigenvalue weighted by atomic mass is 32.1. The lowest BCUT2D eigenvalue weighted by atomic mass is 9.96. The Labute approximate surface area is 134 Å². The van der Waals surface area contributed by atoms with Crippen molar-refractivity contribution in [3.63, 3.8) is 0 Å². The quantitative estimate of drug-likeness (QED) is 0.584. The van der Waals surface area contributed by atoms with Gasteiger partial charge in [-0.1, -0.05) is 19.3 Å². The monoisotopic (exact) mass is 325 g/mol. The van der Waals surface area contributed by atoms with Crippen LogP contribution in [0.4, 0.5) is 4.39 Å². The smallest absolute Gasteiger partial charge is 0.276 e. The maximum Gasteiger partial charge on any atom is 0.276 e. The van der Waals surface area contributed by atoms with Crippen molar-refractivity contribution in [3.8, 4) is 5.75 Å². The lowest BCUT2D eigenvalue weighted by Gasteiger charge is -2.24. The number of carbonyl (C=O) groups excluding carboxylic acids is 1. The van der Waals surface area contributed by atoms with Crippen molar-refractivity contribution in [2.24, 2.45) is 0 Å². The van der Waals surface area contributed by atoms with Crippen molar-refractivity contribution in [1.29, 1.82) is 0 Å². The summed E-state index contributed by atoms with van der Waals surface area (Å²) in [4.78, 5) is 11.6. The molecule has 3 N–H and O–H groups in total. The van der Waals surface area contributed by atoms with Crippen LogP contribution in [0, 0.1) is 5.82 Å². The predicted octanol–water partition coefficient (Wildman–Crippen LogP) is 2.03. The Morgan fingerprint density at radius 2 is 1.86 bits per heavy atom. The van der Waals surface area contributed by atoms with Crippen molar-refractivity contribution >= 4 is 23.2 Å². The van der Waals surface area contributed by atoms with Crippen LogP contribution in [0.2, 0.25) is 0 Å². The van der Waals surface area contributed by atoms with Crippen LogP contribution in [0.1, 0.15) is 32.1 Å². The van der Waals surface area contributed by atoms with Gasteiger partial charge in [0.05, 0.1) is 0 Å². The van der Waals surface area contributed by atoms with Gasteiger partial charge < -0.3 is 10.1 Å². The van der Waals surface area contributed by atoms with Crippen LogP contribution in [0.5, 0.6) is 5.75 Å². The van der Waals surface area contributed by atoms with Gasteiger partial charge in [0.15, 0.2) is 11.7 Å². The Morgan fingerprint density at radius 3 is 2.55 bits per heavy atom. The van der Waals surface area contributed by atoms with Crippen LogP contribution in [-0.4, -0.2) is 23.7 Å². The number of nitrogens with one attached hydrogen (secondary N) is 3. The maximum absolute atomic E-state index is 12.7. The summed E-state index contributed by atoms with van der Waals surface area (Å²) in [6.07, 6.45) is 5.89. The number of hydrogen-bond donors (Lipinski definition) is 3. The number of carbonyl (C=O) groups is 1. The molecule has 0 aromatic heterocycles. The van der Waals surface area contributed by atoms with E-state index in [1.165, 1.54) is 43.5 Å². The van der Waals surface area contributed by atoms with Crippen LogP contribution < -0.4 is 20.9 Å². The van der Waals surface area contributed by atoms with Gasteiger partial charge in [0.1, 0.15) is 11.6 Å². The standard InChI is InChI=1S/C15H20FN3O2S/c16-11-6-8-13(9-7-11)21-10-14(20)18-19-15(22)17-12-4-2-1-3-5-12/h6-9,12H,1-5,10H2,(H,18,20)(H2,17,19,22). The minimum Gasteiger partial charge on any atom is -0.484 e. The highest BCUT2D eigenvalue weighted by Crippen LogP contribution is 2.17. The third-order valence-electron chi connectivity index (χ3n) is 3.44. The van der Waals surface area contributed by atoms with E-state index in [0.717, 1.165) is 12.8 Å². The fraction of sp³-hybridized carbons (Fsp3) is 0.467. The van der Waals surface area contributed by atoms with E-state index in [4.69, 9.17) is 17.0 Å². The van der Waals surface area contributed by atoms with Gasteiger partial charge in [0, 0.05) is 6.04 Å². The average molecular weight is 325 g/mol. The Bertz CT molecular complexity index is 504. The molecule has 0 saturated heterocycles. The largest absolute Gasteiger partial charge is 0.484 e. The van der Waals surface area contributed by atoms with E-state index < -0.39 is 0 Å². The van der Waals surface area contributed by atoms with E-state index in [1.807, 2.05) is 0 Å². The van der Waals surface area contributed by atoms with Gasteiger partial charge in [0.2, 0.25) is 0 Å². The van der Waals surface area contributed by atoms with Crippen LogP contribution in [0.15, 0.2) is 24.3 Å². The molecular weight excluding hydrogens is 305 g/mol. The molecule has 1 saturated carbocycles. The van der Waals surface area contributed by atoms with E-state index >= 15 is 0 Å². The summed E-state index contributed by atoms with van der Waals surface area (Å²) in [5.41, 5.74) is 5.12. The second-order valence-corrected chi connectivity index (χ2v) is 5.63. The number of benzene rings is 1. The molecular formula is C15H20FN3O2S. The number of amides is 1. The Balaban J connectivity index is 1.62. The van der Waals surface area contributed by atoms with E-state index in [0.29, 0.717) is 16.9 Å². The molecule has 22 heavy (non-hydrogen) atoms. The molecule has 0 bridgehead atoms. The predicted molar refractivity (Wildman–Crippen MR) is 85.8 cm³/mol. The van der Waals surface area contributed by atoms with Gasteiger partial charge >= 0.3 is 0 Å². The molecule has 1 aromatic rings. The lowest BCUT2D eigenvalue weighted by molar-refractivity contribution is -0.123. The first kappa shape index (κ1) is 16.5. The van der Waals surface area contributed by atoms with Crippen molar-refractivity contribution in [1.82, 2.24) is 16.2 Å². The summed E-state index contributed by atoms with van der Waals surface area (Å²) in [6, 6.07) is 5.85. The van der Waals surface area contributed by atoms with Crippen LogP contribution in [0.25, 0.3) is 0 Å². The topological polar surface area (TPSA) is 62.4 Å². The van der Waals surface area contributed by atoms with Gasteiger partial charge in [-0.2, -0.15) is 0 Å². The fourth-order valence-electron chi connectivity index (χ4n) is 2.31. The summed E-state index contributed by atoms with van der Waals surface area (Å²) < 4.78 is 17.9. The Kier molecular flexibility index (Phi) is 6.39. The summed E-state index contributed by atoms with van der Waals surface area (Å²) >= 11 is 5.13. The molecule has 0 aliphatic heterocycles. The van der Waals surface area contributed by atoms with Crippen LogP contribution in [0.3, 0.4) is 0 Å².